The number of ether oxygens (including phenoxy) is 1. The normalized spacial score (nSPS) is 18.2. The fourth-order valence-corrected chi connectivity index (χ4v) is 5.99. The lowest BCUT2D eigenvalue weighted by molar-refractivity contribution is 0.227. The van der Waals surface area contributed by atoms with Crippen molar-refractivity contribution < 1.29 is 4.74 Å². The zero-order valence-corrected chi connectivity index (χ0v) is 19.3. The van der Waals surface area contributed by atoms with E-state index in [0.29, 0.717) is 6.04 Å². The predicted octanol–water partition coefficient (Wildman–Crippen LogP) is 8.51. The van der Waals surface area contributed by atoms with Crippen molar-refractivity contribution >= 4 is 0 Å². The van der Waals surface area contributed by atoms with Crippen LogP contribution in [0.5, 0.6) is 5.75 Å². The predicted molar refractivity (Wildman–Crippen MR) is 136 cm³/mol. The van der Waals surface area contributed by atoms with Crippen LogP contribution in [0.25, 0.3) is 22.4 Å². The molecule has 1 atom stereocenters. The molecule has 2 nitrogen and oxygen atoms in total. The van der Waals surface area contributed by atoms with Crippen molar-refractivity contribution in [3.05, 3.63) is 102 Å². The molecule has 2 aliphatic rings. The fourth-order valence-electron chi connectivity index (χ4n) is 5.99. The van der Waals surface area contributed by atoms with Gasteiger partial charge in [-0.15, -0.1) is 0 Å². The molecule has 1 aliphatic heterocycles. The van der Waals surface area contributed by atoms with Gasteiger partial charge in [-0.05, 0) is 42.5 Å². The first-order valence-corrected chi connectivity index (χ1v) is 12.4. The molecule has 6 rings (SSSR count). The van der Waals surface area contributed by atoms with Crippen LogP contribution in [0.3, 0.4) is 0 Å². The van der Waals surface area contributed by atoms with Crippen molar-refractivity contribution in [2.45, 2.75) is 57.6 Å². The first-order chi connectivity index (χ1) is 16.3. The zero-order valence-electron chi connectivity index (χ0n) is 19.3. The topological polar surface area (TPSA) is 14.2 Å². The molecule has 1 saturated carbocycles. The molecule has 3 aromatic carbocycles. The first-order valence-electron chi connectivity index (χ1n) is 12.4. The van der Waals surface area contributed by atoms with E-state index in [9.17, 15) is 0 Å². The molecule has 33 heavy (non-hydrogen) atoms. The third kappa shape index (κ3) is 3.49. The Hall–Kier alpha value is -3.26. The van der Waals surface area contributed by atoms with Gasteiger partial charge in [-0.2, -0.15) is 0 Å². The van der Waals surface area contributed by atoms with Crippen molar-refractivity contribution in [1.82, 2.24) is 4.57 Å². The largest absolute Gasteiger partial charge is 0.479 e. The second-order valence-corrected chi connectivity index (χ2v) is 9.52. The molecule has 0 spiro atoms. The summed E-state index contributed by atoms with van der Waals surface area (Å²) in [6.07, 6.45) is 7.68. The Kier molecular flexibility index (Phi) is 5.30. The van der Waals surface area contributed by atoms with Gasteiger partial charge < -0.3 is 9.30 Å². The lowest BCUT2D eigenvalue weighted by Crippen LogP contribution is -2.22. The smallest absolute Gasteiger partial charge is 0.164 e. The van der Waals surface area contributed by atoms with Crippen molar-refractivity contribution in [3.8, 4) is 28.1 Å². The molecule has 4 aromatic rings. The number of rotatable bonds is 3. The molecule has 0 bridgehead atoms. The van der Waals surface area contributed by atoms with E-state index in [1.807, 2.05) is 0 Å². The second kappa shape index (κ2) is 8.59. The van der Waals surface area contributed by atoms with Gasteiger partial charge in [0, 0.05) is 17.2 Å². The van der Waals surface area contributed by atoms with E-state index in [-0.39, 0.29) is 6.10 Å². The van der Waals surface area contributed by atoms with Crippen molar-refractivity contribution in [1.29, 1.82) is 0 Å². The summed E-state index contributed by atoms with van der Waals surface area (Å²) in [7, 11) is 0. The number of hydrogen-bond donors (Lipinski definition) is 0. The van der Waals surface area contributed by atoms with Gasteiger partial charge in [-0.25, -0.2) is 0 Å². The summed E-state index contributed by atoms with van der Waals surface area (Å²) in [6.45, 7) is 2.32. The Balaban J connectivity index is 1.67. The number of hydrogen-bond acceptors (Lipinski definition) is 1. The standard InChI is InChI=1S/C31H31NO/c1-22-28-26-20-12-13-21-27(26)33-31(24-16-8-5-9-17-24)30(28)32(25-18-10-2-3-11-19-25)29(22)23-14-6-4-7-15-23/h4-9,12-17,20-21,25,31H,2-3,10-11,18-19H2,1H3. The molecular weight excluding hydrogens is 402 g/mol. The van der Waals surface area contributed by atoms with Crippen LogP contribution in [0, 0.1) is 6.92 Å². The average Bonchev–Trinajstić information content (AvgIpc) is 3.01. The van der Waals surface area contributed by atoms with Gasteiger partial charge in [0.15, 0.2) is 6.10 Å². The Labute approximate surface area is 196 Å². The molecule has 0 N–H and O–H groups in total. The Morgan fingerprint density at radius 3 is 2.09 bits per heavy atom. The van der Waals surface area contributed by atoms with Crippen LogP contribution >= 0.6 is 0 Å². The monoisotopic (exact) mass is 433 g/mol. The third-order valence-corrected chi connectivity index (χ3v) is 7.48. The van der Waals surface area contributed by atoms with E-state index in [1.165, 1.54) is 77.7 Å². The molecular formula is C31H31NO. The van der Waals surface area contributed by atoms with Gasteiger partial charge in [0.1, 0.15) is 5.75 Å². The minimum Gasteiger partial charge on any atom is -0.479 e. The van der Waals surface area contributed by atoms with Gasteiger partial charge in [0.05, 0.1) is 11.4 Å². The van der Waals surface area contributed by atoms with E-state index in [2.05, 4.69) is 96.4 Å². The maximum atomic E-state index is 6.79. The quantitative estimate of drug-likeness (QED) is 0.295. The molecule has 2 heterocycles. The van der Waals surface area contributed by atoms with E-state index >= 15 is 0 Å². The van der Waals surface area contributed by atoms with Crippen molar-refractivity contribution in [2.75, 3.05) is 0 Å². The third-order valence-electron chi connectivity index (χ3n) is 7.48. The summed E-state index contributed by atoms with van der Waals surface area (Å²) in [5.74, 6) is 0.986. The van der Waals surface area contributed by atoms with Crippen LogP contribution in [0.2, 0.25) is 0 Å². The summed E-state index contributed by atoms with van der Waals surface area (Å²) in [5, 5.41) is 0. The van der Waals surface area contributed by atoms with E-state index in [0.717, 1.165) is 5.75 Å². The lowest BCUT2D eigenvalue weighted by atomic mass is 9.92. The highest BCUT2D eigenvalue weighted by Gasteiger charge is 2.37. The molecule has 1 unspecified atom stereocenters. The average molecular weight is 434 g/mol. The highest BCUT2D eigenvalue weighted by atomic mass is 16.5. The number of para-hydroxylation sites is 1. The minimum atomic E-state index is -0.101. The second-order valence-electron chi connectivity index (χ2n) is 9.52. The van der Waals surface area contributed by atoms with Crippen LogP contribution < -0.4 is 4.74 Å². The Morgan fingerprint density at radius 1 is 0.727 bits per heavy atom. The molecule has 0 amide bonds. The Morgan fingerprint density at radius 2 is 1.36 bits per heavy atom. The van der Waals surface area contributed by atoms with E-state index < -0.39 is 0 Å². The number of nitrogens with zero attached hydrogens (tertiary/aromatic N) is 1. The molecule has 1 aromatic heterocycles. The number of aromatic nitrogens is 1. The molecule has 0 saturated heterocycles. The van der Waals surface area contributed by atoms with Gasteiger partial charge in [-0.3, -0.25) is 0 Å². The number of benzene rings is 3. The molecule has 1 fully saturated rings. The molecule has 2 heteroatoms. The van der Waals surface area contributed by atoms with Gasteiger partial charge >= 0.3 is 0 Å². The van der Waals surface area contributed by atoms with Crippen LogP contribution in [0.4, 0.5) is 0 Å². The SMILES string of the molecule is Cc1c2c(n(C3CCCCCC3)c1-c1ccccc1)C(c1ccccc1)Oc1ccccc1-2. The zero-order chi connectivity index (χ0) is 22.2. The summed E-state index contributed by atoms with van der Waals surface area (Å²) in [4.78, 5) is 0. The van der Waals surface area contributed by atoms with E-state index in [4.69, 9.17) is 4.74 Å². The highest BCUT2D eigenvalue weighted by Crippen LogP contribution is 2.52. The summed E-state index contributed by atoms with van der Waals surface area (Å²) < 4.78 is 9.48. The van der Waals surface area contributed by atoms with Gasteiger partial charge in [0.2, 0.25) is 0 Å². The maximum Gasteiger partial charge on any atom is 0.164 e. The Bertz CT molecular complexity index is 1250. The molecule has 1 aliphatic carbocycles. The first kappa shape index (κ1) is 20.4. The van der Waals surface area contributed by atoms with Gasteiger partial charge in [-0.1, -0.05) is 105 Å². The fraction of sp³-hybridized carbons (Fsp3) is 0.290. The summed E-state index contributed by atoms with van der Waals surface area (Å²) in [5.41, 5.74) is 9.20. The van der Waals surface area contributed by atoms with Crippen LogP contribution in [-0.4, -0.2) is 4.57 Å². The molecule has 0 radical (unpaired) electrons. The minimum absolute atomic E-state index is 0.101. The summed E-state index contributed by atoms with van der Waals surface area (Å²) >= 11 is 0. The summed E-state index contributed by atoms with van der Waals surface area (Å²) in [6, 6.07) is 30.8. The van der Waals surface area contributed by atoms with E-state index in [1.54, 1.807) is 0 Å². The highest BCUT2D eigenvalue weighted by molar-refractivity contribution is 5.85. The lowest BCUT2D eigenvalue weighted by Gasteiger charge is -2.32. The van der Waals surface area contributed by atoms with Crippen molar-refractivity contribution in [2.24, 2.45) is 0 Å². The van der Waals surface area contributed by atoms with Crippen LogP contribution in [0.1, 0.15) is 67.5 Å². The number of fused-ring (bicyclic) bond motifs is 3. The molecule has 166 valence electrons. The van der Waals surface area contributed by atoms with Crippen LogP contribution in [0.15, 0.2) is 84.9 Å². The van der Waals surface area contributed by atoms with Crippen LogP contribution in [-0.2, 0) is 0 Å². The van der Waals surface area contributed by atoms with Gasteiger partial charge in [0.25, 0.3) is 0 Å². The maximum absolute atomic E-state index is 6.79. The van der Waals surface area contributed by atoms with Crippen molar-refractivity contribution in [3.63, 3.8) is 0 Å².